The predicted molar refractivity (Wildman–Crippen MR) is 101 cm³/mol. The molecule has 25 heavy (non-hydrogen) atoms. The number of aromatic nitrogens is 1. The summed E-state index contributed by atoms with van der Waals surface area (Å²) in [5.74, 6) is 0.756. The quantitative estimate of drug-likeness (QED) is 0.653. The Labute approximate surface area is 155 Å². The van der Waals surface area contributed by atoms with Crippen LogP contribution in [0.1, 0.15) is 13.8 Å². The molecule has 0 aliphatic carbocycles. The molecule has 3 aromatic rings. The number of fused-ring (bicyclic) bond motifs is 1. The molecule has 0 atom stereocenters. The highest BCUT2D eigenvalue weighted by atomic mass is 35.5. The summed E-state index contributed by atoms with van der Waals surface area (Å²) in [6.45, 7) is 5.07. The number of hydrogen-bond acceptors (Lipinski definition) is 4. The van der Waals surface area contributed by atoms with Crippen molar-refractivity contribution in [3.05, 3.63) is 52.3 Å². The van der Waals surface area contributed by atoms with Gasteiger partial charge in [-0.3, -0.25) is 0 Å². The smallest absolute Gasteiger partial charge is 0.285 e. The lowest BCUT2D eigenvalue weighted by molar-refractivity contribution is 0.341. The molecule has 3 rings (SSSR count). The Balaban J connectivity index is 2.16. The Morgan fingerprint density at radius 3 is 2.52 bits per heavy atom. The van der Waals surface area contributed by atoms with Crippen LogP contribution < -0.4 is 9.54 Å². The van der Waals surface area contributed by atoms with Gasteiger partial charge in [0.2, 0.25) is 4.80 Å². The molecule has 2 aromatic carbocycles. The van der Waals surface area contributed by atoms with E-state index in [4.69, 9.17) is 16.3 Å². The van der Waals surface area contributed by atoms with Gasteiger partial charge in [-0.2, -0.15) is 8.42 Å². The van der Waals surface area contributed by atoms with Crippen molar-refractivity contribution < 1.29 is 13.2 Å². The fraction of sp³-hybridized carbons (Fsp3) is 0.235. The average Bonchev–Trinajstić information content (AvgIpc) is 2.91. The van der Waals surface area contributed by atoms with Gasteiger partial charge in [-0.1, -0.05) is 22.9 Å². The highest BCUT2D eigenvalue weighted by molar-refractivity contribution is 7.90. The minimum absolute atomic E-state index is 0.118. The Hall–Kier alpha value is -1.83. The number of sulfonamides is 1. The molecular weight excluding hydrogens is 380 g/mol. The van der Waals surface area contributed by atoms with Crippen molar-refractivity contribution in [3.8, 4) is 5.75 Å². The summed E-state index contributed by atoms with van der Waals surface area (Å²) in [4.78, 5) is 0.549. The molecule has 132 valence electrons. The van der Waals surface area contributed by atoms with E-state index in [-0.39, 0.29) is 4.90 Å². The fourth-order valence-electron chi connectivity index (χ4n) is 2.45. The number of nitrogens with zero attached hydrogens (tertiary/aromatic N) is 2. The van der Waals surface area contributed by atoms with Gasteiger partial charge in [-0.05, 0) is 56.3 Å². The van der Waals surface area contributed by atoms with Crippen molar-refractivity contribution >= 4 is 43.2 Å². The van der Waals surface area contributed by atoms with Crippen molar-refractivity contribution in [1.82, 2.24) is 4.57 Å². The van der Waals surface area contributed by atoms with Crippen LogP contribution in [0, 0.1) is 0 Å². The first kappa shape index (κ1) is 18.0. The highest BCUT2D eigenvalue weighted by Crippen LogP contribution is 2.24. The summed E-state index contributed by atoms with van der Waals surface area (Å²) in [6, 6.07) is 11.7. The van der Waals surface area contributed by atoms with E-state index in [1.807, 2.05) is 36.6 Å². The molecule has 0 unspecified atom stereocenters. The summed E-state index contributed by atoms with van der Waals surface area (Å²) >= 11 is 7.15. The molecule has 0 spiro atoms. The molecule has 1 aromatic heterocycles. The van der Waals surface area contributed by atoms with Gasteiger partial charge in [0.1, 0.15) is 5.75 Å². The van der Waals surface area contributed by atoms with E-state index in [0.29, 0.717) is 23.0 Å². The number of ether oxygens (including phenoxy) is 1. The van der Waals surface area contributed by atoms with Crippen LogP contribution >= 0.6 is 22.9 Å². The molecule has 0 aliphatic heterocycles. The Bertz CT molecular complexity index is 1070. The maximum atomic E-state index is 12.6. The third-order valence-electron chi connectivity index (χ3n) is 3.59. The Morgan fingerprint density at radius 1 is 1.16 bits per heavy atom. The monoisotopic (exact) mass is 396 g/mol. The van der Waals surface area contributed by atoms with E-state index in [0.717, 1.165) is 16.0 Å². The van der Waals surface area contributed by atoms with Crippen LogP contribution in [0.15, 0.2) is 51.8 Å². The zero-order valence-corrected chi connectivity index (χ0v) is 16.2. The second kappa shape index (κ2) is 7.19. The molecule has 0 fully saturated rings. The summed E-state index contributed by atoms with van der Waals surface area (Å²) in [5, 5.41) is 0.480. The van der Waals surface area contributed by atoms with E-state index in [2.05, 4.69) is 4.40 Å². The molecule has 0 saturated carbocycles. The van der Waals surface area contributed by atoms with Crippen LogP contribution in [0.2, 0.25) is 5.02 Å². The largest absolute Gasteiger partial charge is 0.494 e. The number of thiazole rings is 1. The van der Waals surface area contributed by atoms with E-state index in [1.165, 1.54) is 35.6 Å². The molecule has 0 radical (unpaired) electrons. The lowest BCUT2D eigenvalue weighted by Gasteiger charge is -2.04. The normalized spacial score (nSPS) is 12.7. The van der Waals surface area contributed by atoms with Gasteiger partial charge < -0.3 is 9.30 Å². The van der Waals surface area contributed by atoms with Gasteiger partial charge in [0.15, 0.2) is 0 Å². The average molecular weight is 397 g/mol. The first-order valence-corrected chi connectivity index (χ1v) is 10.4. The number of rotatable bonds is 5. The van der Waals surface area contributed by atoms with Crippen LogP contribution in [0.25, 0.3) is 10.2 Å². The minimum atomic E-state index is -3.81. The molecular formula is C17H17ClN2O3S2. The SMILES string of the molecule is CCOc1ccc2c(c1)sc(=NS(=O)(=O)c1ccc(Cl)cc1)n2CC. The van der Waals surface area contributed by atoms with Gasteiger partial charge in [-0.15, -0.1) is 4.40 Å². The van der Waals surface area contributed by atoms with Crippen molar-refractivity contribution in [2.24, 2.45) is 4.40 Å². The van der Waals surface area contributed by atoms with E-state index < -0.39 is 10.0 Å². The van der Waals surface area contributed by atoms with Gasteiger partial charge in [0.25, 0.3) is 10.0 Å². The molecule has 0 bridgehead atoms. The third kappa shape index (κ3) is 3.73. The van der Waals surface area contributed by atoms with E-state index in [9.17, 15) is 8.42 Å². The van der Waals surface area contributed by atoms with Crippen molar-refractivity contribution in [1.29, 1.82) is 0 Å². The molecule has 0 saturated heterocycles. The van der Waals surface area contributed by atoms with Gasteiger partial charge in [-0.25, -0.2) is 0 Å². The summed E-state index contributed by atoms with van der Waals surface area (Å²) < 4.78 is 37.5. The Morgan fingerprint density at radius 2 is 1.88 bits per heavy atom. The van der Waals surface area contributed by atoms with Crippen LogP contribution in [0.3, 0.4) is 0 Å². The van der Waals surface area contributed by atoms with Gasteiger partial charge in [0, 0.05) is 11.6 Å². The number of benzene rings is 2. The van der Waals surface area contributed by atoms with E-state index in [1.54, 1.807) is 0 Å². The maximum Gasteiger partial charge on any atom is 0.285 e. The summed E-state index contributed by atoms with van der Waals surface area (Å²) in [7, 11) is -3.81. The minimum Gasteiger partial charge on any atom is -0.494 e. The van der Waals surface area contributed by atoms with Crippen molar-refractivity contribution in [3.63, 3.8) is 0 Å². The second-order valence-electron chi connectivity index (χ2n) is 5.21. The number of halogens is 1. The van der Waals surface area contributed by atoms with Crippen LogP contribution in [-0.4, -0.2) is 19.6 Å². The van der Waals surface area contributed by atoms with Crippen LogP contribution in [0.5, 0.6) is 5.75 Å². The highest BCUT2D eigenvalue weighted by Gasteiger charge is 2.14. The van der Waals surface area contributed by atoms with Crippen LogP contribution in [-0.2, 0) is 16.6 Å². The van der Waals surface area contributed by atoms with Gasteiger partial charge >= 0.3 is 0 Å². The van der Waals surface area contributed by atoms with Crippen molar-refractivity contribution in [2.75, 3.05) is 6.61 Å². The van der Waals surface area contributed by atoms with Crippen molar-refractivity contribution in [2.45, 2.75) is 25.3 Å². The predicted octanol–water partition coefficient (Wildman–Crippen LogP) is 4.06. The Kier molecular flexibility index (Phi) is 5.17. The lowest BCUT2D eigenvalue weighted by atomic mass is 10.3. The second-order valence-corrected chi connectivity index (χ2v) is 8.26. The number of aryl methyl sites for hydroxylation is 1. The first-order valence-electron chi connectivity index (χ1n) is 7.77. The summed E-state index contributed by atoms with van der Waals surface area (Å²) in [5.41, 5.74) is 0.931. The molecule has 0 N–H and O–H groups in total. The standard InChI is InChI=1S/C17H17ClN2O3S2/c1-3-20-15-10-7-13(23-4-2)11-16(15)24-17(20)19-25(21,22)14-8-5-12(18)6-9-14/h5-11H,3-4H2,1-2H3. The topological polar surface area (TPSA) is 60.7 Å². The van der Waals surface area contributed by atoms with E-state index >= 15 is 0 Å². The zero-order valence-electron chi connectivity index (χ0n) is 13.8. The molecule has 0 amide bonds. The molecule has 0 aliphatic rings. The fourth-order valence-corrected chi connectivity index (χ4v) is 4.90. The number of hydrogen-bond donors (Lipinski definition) is 0. The lowest BCUT2D eigenvalue weighted by Crippen LogP contribution is -2.16. The van der Waals surface area contributed by atoms with Gasteiger partial charge in [0.05, 0.1) is 21.7 Å². The summed E-state index contributed by atoms with van der Waals surface area (Å²) in [6.07, 6.45) is 0. The van der Waals surface area contributed by atoms with Crippen LogP contribution in [0.4, 0.5) is 0 Å². The third-order valence-corrected chi connectivity index (χ3v) is 6.28. The molecule has 8 heteroatoms. The first-order chi connectivity index (χ1) is 11.9. The molecule has 5 nitrogen and oxygen atoms in total. The molecule has 1 heterocycles. The maximum absolute atomic E-state index is 12.6. The zero-order chi connectivity index (χ0) is 18.0.